The van der Waals surface area contributed by atoms with E-state index in [-0.39, 0.29) is 12.4 Å². The molecule has 5 heteroatoms. The number of nitrogens with two attached hydrogens (primary N) is 1. The maximum atomic E-state index is 10.4. The fourth-order valence-corrected chi connectivity index (χ4v) is 0.908. The van der Waals surface area contributed by atoms with Gasteiger partial charge in [-0.3, -0.25) is 0 Å². The van der Waals surface area contributed by atoms with E-state index in [0.29, 0.717) is 6.42 Å². The summed E-state index contributed by atoms with van der Waals surface area (Å²) in [5.74, 6) is 0. The van der Waals surface area contributed by atoms with Crippen LogP contribution in [-0.4, -0.2) is 20.0 Å². The Labute approximate surface area is 62.0 Å². The second-order valence-corrected chi connectivity index (χ2v) is 4.04. The van der Waals surface area contributed by atoms with Gasteiger partial charge in [-0.1, -0.05) is 6.92 Å². The van der Waals surface area contributed by atoms with Crippen molar-refractivity contribution in [1.82, 2.24) is 0 Å². The molecule has 0 saturated carbocycles. The minimum atomic E-state index is -2.98. The fraction of sp³-hybridized carbons (Fsp3) is 1.00. The molecule has 0 spiro atoms. The normalized spacial score (nSPS) is 14.1. The van der Waals surface area contributed by atoms with E-state index in [1.807, 2.05) is 0 Å². The lowest BCUT2D eigenvalue weighted by Crippen LogP contribution is -2.28. The molecule has 0 aromatic carbocycles. The van der Waals surface area contributed by atoms with Crippen LogP contribution in [0, 0.1) is 0 Å². The Hall–Kier alpha value is 0.200. The third-order valence-electron chi connectivity index (χ3n) is 0.952. The largest absolute Gasteiger partial charge is 0.315 e. The molecule has 0 aliphatic heterocycles. The Morgan fingerprint density at radius 2 is 1.89 bits per heavy atom. The maximum Gasteiger partial charge on any atom is 0.163 e. The first-order valence-electron chi connectivity index (χ1n) is 2.43. The van der Waals surface area contributed by atoms with E-state index in [4.69, 9.17) is 5.73 Å². The monoisotopic (exact) mass is 173 g/mol. The van der Waals surface area contributed by atoms with Crippen LogP contribution < -0.4 is 5.73 Å². The van der Waals surface area contributed by atoms with Crippen LogP contribution in [0.4, 0.5) is 0 Å². The summed E-state index contributed by atoms with van der Waals surface area (Å²) in [5, 5.41) is -0.678. The first-order valence-corrected chi connectivity index (χ1v) is 4.38. The highest BCUT2D eigenvalue weighted by Gasteiger charge is 2.10. The summed E-state index contributed by atoms with van der Waals surface area (Å²) in [5.41, 5.74) is 5.16. The van der Waals surface area contributed by atoms with E-state index in [1.165, 1.54) is 0 Å². The molecule has 1 unspecified atom stereocenters. The van der Waals surface area contributed by atoms with Crippen LogP contribution in [0.1, 0.15) is 13.3 Å². The van der Waals surface area contributed by atoms with Gasteiger partial charge in [0.1, 0.15) is 5.37 Å². The van der Waals surface area contributed by atoms with Gasteiger partial charge in [-0.25, -0.2) is 8.42 Å². The Balaban J connectivity index is 0. The molecule has 0 amide bonds. The summed E-state index contributed by atoms with van der Waals surface area (Å²) >= 11 is 0. The Morgan fingerprint density at radius 1 is 1.56 bits per heavy atom. The molecule has 0 aliphatic carbocycles. The SMILES string of the molecule is CCC(N)S(C)(=O)=O.Cl. The summed E-state index contributed by atoms with van der Waals surface area (Å²) < 4.78 is 20.9. The van der Waals surface area contributed by atoms with E-state index < -0.39 is 15.2 Å². The van der Waals surface area contributed by atoms with Gasteiger partial charge in [0.25, 0.3) is 0 Å². The van der Waals surface area contributed by atoms with E-state index in [9.17, 15) is 8.42 Å². The van der Waals surface area contributed by atoms with Crippen LogP contribution in [-0.2, 0) is 9.84 Å². The van der Waals surface area contributed by atoms with E-state index >= 15 is 0 Å². The van der Waals surface area contributed by atoms with Crippen molar-refractivity contribution >= 4 is 22.2 Å². The number of hydrogen-bond donors (Lipinski definition) is 1. The Kier molecular flexibility index (Phi) is 5.42. The highest BCUT2D eigenvalue weighted by molar-refractivity contribution is 7.91. The van der Waals surface area contributed by atoms with Gasteiger partial charge in [0, 0.05) is 6.26 Å². The highest BCUT2D eigenvalue weighted by Crippen LogP contribution is 1.93. The van der Waals surface area contributed by atoms with Crippen molar-refractivity contribution in [2.45, 2.75) is 18.7 Å². The average Bonchev–Trinajstić information content (AvgIpc) is 1.62. The molecule has 0 bridgehead atoms. The third kappa shape index (κ3) is 4.69. The van der Waals surface area contributed by atoms with Crippen molar-refractivity contribution in [1.29, 1.82) is 0 Å². The zero-order chi connectivity index (χ0) is 6.78. The molecule has 0 fully saturated rings. The highest BCUT2D eigenvalue weighted by atomic mass is 35.5. The van der Waals surface area contributed by atoms with Crippen molar-refractivity contribution in [3.63, 3.8) is 0 Å². The number of rotatable bonds is 2. The van der Waals surface area contributed by atoms with Gasteiger partial charge in [0.15, 0.2) is 9.84 Å². The molecule has 2 N–H and O–H groups in total. The van der Waals surface area contributed by atoms with Gasteiger partial charge in [0.05, 0.1) is 0 Å². The van der Waals surface area contributed by atoms with E-state index in [0.717, 1.165) is 6.26 Å². The smallest absolute Gasteiger partial charge is 0.163 e. The molecule has 0 saturated heterocycles. The van der Waals surface area contributed by atoms with Crippen LogP contribution in [0.3, 0.4) is 0 Å². The minimum Gasteiger partial charge on any atom is -0.315 e. The molecule has 0 aliphatic rings. The van der Waals surface area contributed by atoms with Gasteiger partial charge in [-0.2, -0.15) is 0 Å². The van der Waals surface area contributed by atoms with Crippen molar-refractivity contribution in [2.75, 3.05) is 6.26 Å². The van der Waals surface area contributed by atoms with Crippen molar-refractivity contribution in [2.24, 2.45) is 5.73 Å². The molecular formula is C4H12ClNO2S. The lowest BCUT2D eigenvalue weighted by atomic mass is 10.5. The third-order valence-corrected chi connectivity index (χ3v) is 2.39. The Morgan fingerprint density at radius 3 is 1.89 bits per heavy atom. The van der Waals surface area contributed by atoms with Gasteiger partial charge in [0.2, 0.25) is 0 Å². The van der Waals surface area contributed by atoms with Crippen LogP contribution in [0.2, 0.25) is 0 Å². The molecule has 58 valence electrons. The molecule has 0 heterocycles. The van der Waals surface area contributed by atoms with Crippen molar-refractivity contribution < 1.29 is 8.42 Å². The standard InChI is InChI=1S/C4H11NO2S.ClH/c1-3-4(5)8(2,6)7;/h4H,3,5H2,1-2H3;1H. The lowest BCUT2D eigenvalue weighted by Gasteiger charge is -2.02. The van der Waals surface area contributed by atoms with Crippen molar-refractivity contribution in [3.8, 4) is 0 Å². The predicted molar refractivity (Wildman–Crippen MR) is 40.4 cm³/mol. The van der Waals surface area contributed by atoms with Crippen LogP contribution in [0.5, 0.6) is 0 Å². The topological polar surface area (TPSA) is 60.2 Å². The van der Waals surface area contributed by atoms with Crippen LogP contribution >= 0.6 is 12.4 Å². The summed E-state index contributed by atoms with van der Waals surface area (Å²) in [4.78, 5) is 0. The van der Waals surface area contributed by atoms with E-state index in [1.54, 1.807) is 6.92 Å². The summed E-state index contributed by atoms with van der Waals surface area (Å²) in [6, 6.07) is 0. The number of halogens is 1. The summed E-state index contributed by atoms with van der Waals surface area (Å²) in [7, 11) is -2.98. The zero-order valence-corrected chi connectivity index (χ0v) is 7.13. The maximum absolute atomic E-state index is 10.4. The summed E-state index contributed by atoms with van der Waals surface area (Å²) in [6.07, 6.45) is 1.62. The first kappa shape index (κ1) is 11.9. The molecular weight excluding hydrogens is 162 g/mol. The van der Waals surface area contributed by atoms with Gasteiger partial charge < -0.3 is 5.73 Å². The summed E-state index contributed by atoms with van der Waals surface area (Å²) in [6.45, 7) is 1.74. The molecule has 0 rings (SSSR count). The van der Waals surface area contributed by atoms with E-state index in [2.05, 4.69) is 0 Å². The Bertz CT molecular complexity index is 154. The lowest BCUT2D eigenvalue weighted by molar-refractivity contribution is 0.584. The quantitative estimate of drug-likeness (QED) is 0.647. The molecule has 3 nitrogen and oxygen atoms in total. The van der Waals surface area contributed by atoms with Crippen LogP contribution in [0.25, 0.3) is 0 Å². The van der Waals surface area contributed by atoms with Gasteiger partial charge in [-0.05, 0) is 6.42 Å². The molecule has 0 radical (unpaired) electrons. The number of sulfone groups is 1. The second-order valence-electron chi connectivity index (χ2n) is 1.78. The van der Waals surface area contributed by atoms with Crippen molar-refractivity contribution in [3.05, 3.63) is 0 Å². The predicted octanol–water partition coefficient (Wildman–Crippen LogP) is 0.148. The zero-order valence-electron chi connectivity index (χ0n) is 5.49. The molecule has 0 aromatic rings. The second kappa shape index (κ2) is 4.09. The average molecular weight is 174 g/mol. The molecule has 1 atom stereocenters. The first-order chi connectivity index (χ1) is 3.48. The molecule has 0 aromatic heterocycles. The van der Waals surface area contributed by atoms with Crippen LogP contribution in [0.15, 0.2) is 0 Å². The minimum absolute atomic E-state index is 0. The fourth-order valence-electron chi connectivity index (χ4n) is 0.303. The van der Waals surface area contributed by atoms with Gasteiger partial charge in [-0.15, -0.1) is 12.4 Å². The van der Waals surface area contributed by atoms with Gasteiger partial charge >= 0.3 is 0 Å². The number of hydrogen-bond acceptors (Lipinski definition) is 3. The molecule has 9 heavy (non-hydrogen) atoms.